The Bertz CT molecular complexity index is 554. The number of benzene rings is 1. The molecule has 7 heteroatoms. The molecular formula is C11H16N2O4S. The van der Waals surface area contributed by atoms with Crippen molar-refractivity contribution in [3.63, 3.8) is 0 Å². The standard InChI is InChI=1S/C11H16N2O4S/c1-7-3-4-9(5-10(7)11(12)15)18(16,17)13-8(2)6-14/h3-5,8,13-14H,6H2,1-2H3,(H2,12,15). The van der Waals surface area contributed by atoms with Gasteiger partial charge in [0.05, 0.1) is 11.5 Å². The van der Waals surface area contributed by atoms with Gasteiger partial charge in [-0.2, -0.15) is 0 Å². The molecule has 0 heterocycles. The highest BCUT2D eigenvalue weighted by Crippen LogP contribution is 2.15. The fraction of sp³-hybridized carbons (Fsp3) is 0.364. The lowest BCUT2D eigenvalue weighted by Crippen LogP contribution is -2.35. The summed E-state index contributed by atoms with van der Waals surface area (Å²) in [7, 11) is -3.76. The number of carbonyl (C=O) groups is 1. The summed E-state index contributed by atoms with van der Waals surface area (Å²) in [4.78, 5) is 11.1. The SMILES string of the molecule is Cc1ccc(S(=O)(=O)NC(C)CO)cc1C(N)=O. The number of carbonyl (C=O) groups excluding carboxylic acids is 1. The highest BCUT2D eigenvalue weighted by Gasteiger charge is 2.18. The van der Waals surface area contributed by atoms with Gasteiger partial charge in [0, 0.05) is 11.6 Å². The van der Waals surface area contributed by atoms with Crippen LogP contribution in [0.2, 0.25) is 0 Å². The largest absolute Gasteiger partial charge is 0.395 e. The van der Waals surface area contributed by atoms with E-state index in [1.165, 1.54) is 25.1 Å². The van der Waals surface area contributed by atoms with Gasteiger partial charge in [-0.05, 0) is 31.5 Å². The molecule has 4 N–H and O–H groups in total. The van der Waals surface area contributed by atoms with Crippen LogP contribution in [0.5, 0.6) is 0 Å². The van der Waals surface area contributed by atoms with Gasteiger partial charge in [0.15, 0.2) is 0 Å². The van der Waals surface area contributed by atoms with E-state index in [1.807, 2.05) is 0 Å². The average molecular weight is 272 g/mol. The van der Waals surface area contributed by atoms with E-state index in [0.29, 0.717) is 5.56 Å². The molecule has 0 saturated carbocycles. The van der Waals surface area contributed by atoms with Crippen molar-refractivity contribution in [3.8, 4) is 0 Å². The van der Waals surface area contributed by atoms with Crippen LogP contribution in [0.3, 0.4) is 0 Å². The zero-order valence-electron chi connectivity index (χ0n) is 10.2. The van der Waals surface area contributed by atoms with E-state index < -0.39 is 22.0 Å². The molecule has 100 valence electrons. The number of aryl methyl sites for hydroxylation is 1. The summed E-state index contributed by atoms with van der Waals surface area (Å²) in [5.74, 6) is -0.681. The lowest BCUT2D eigenvalue weighted by atomic mass is 10.1. The van der Waals surface area contributed by atoms with E-state index >= 15 is 0 Å². The second-order valence-electron chi connectivity index (χ2n) is 4.05. The lowest BCUT2D eigenvalue weighted by Gasteiger charge is -2.12. The molecule has 18 heavy (non-hydrogen) atoms. The van der Waals surface area contributed by atoms with Crippen molar-refractivity contribution in [2.45, 2.75) is 24.8 Å². The predicted octanol–water partition coefficient (Wildman–Crippen LogP) is -0.247. The first-order valence-electron chi connectivity index (χ1n) is 5.31. The van der Waals surface area contributed by atoms with Gasteiger partial charge in [-0.1, -0.05) is 6.07 Å². The number of aliphatic hydroxyl groups excluding tert-OH is 1. The van der Waals surface area contributed by atoms with Crippen LogP contribution in [0, 0.1) is 6.92 Å². The van der Waals surface area contributed by atoms with Gasteiger partial charge in [-0.15, -0.1) is 0 Å². The lowest BCUT2D eigenvalue weighted by molar-refractivity contribution is 0.0999. The number of hydrogen-bond acceptors (Lipinski definition) is 4. The third kappa shape index (κ3) is 3.28. The second kappa shape index (κ2) is 5.47. The smallest absolute Gasteiger partial charge is 0.249 e. The van der Waals surface area contributed by atoms with Gasteiger partial charge in [0.25, 0.3) is 0 Å². The minimum absolute atomic E-state index is 0.0535. The number of amides is 1. The minimum Gasteiger partial charge on any atom is -0.395 e. The Balaban J connectivity index is 3.18. The van der Waals surface area contributed by atoms with Crippen molar-refractivity contribution >= 4 is 15.9 Å². The average Bonchev–Trinajstić information content (AvgIpc) is 2.28. The van der Waals surface area contributed by atoms with Crippen LogP contribution in [0.4, 0.5) is 0 Å². The van der Waals surface area contributed by atoms with Crippen molar-refractivity contribution in [3.05, 3.63) is 29.3 Å². The van der Waals surface area contributed by atoms with Crippen LogP contribution < -0.4 is 10.5 Å². The molecule has 1 aromatic carbocycles. The Kier molecular flexibility index (Phi) is 4.44. The topological polar surface area (TPSA) is 109 Å². The molecular weight excluding hydrogens is 256 g/mol. The van der Waals surface area contributed by atoms with Gasteiger partial charge in [0.1, 0.15) is 0 Å². The maximum atomic E-state index is 11.9. The highest BCUT2D eigenvalue weighted by molar-refractivity contribution is 7.89. The van der Waals surface area contributed by atoms with E-state index in [9.17, 15) is 13.2 Å². The summed E-state index contributed by atoms with van der Waals surface area (Å²) in [5.41, 5.74) is 5.93. The van der Waals surface area contributed by atoms with Crippen LogP contribution in [0.15, 0.2) is 23.1 Å². The molecule has 0 bridgehead atoms. The van der Waals surface area contributed by atoms with Crippen LogP contribution in [0.25, 0.3) is 0 Å². The Morgan fingerprint density at radius 1 is 1.50 bits per heavy atom. The van der Waals surface area contributed by atoms with E-state index in [2.05, 4.69) is 4.72 Å². The molecule has 1 aromatic rings. The summed E-state index contributed by atoms with van der Waals surface area (Å²) >= 11 is 0. The summed E-state index contributed by atoms with van der Waals surface area (Å²) in [6, 6.07) is 3.52. The molecule has 1 amide bonds. The number of rotatable bonds is 5. The molecule has 6 nitrogen and oxygen atoms in total. The highest BCUT2D eigenvalue weighted by atomic mass is 32.2. The Labute approximate surface area is 106 Å². The maximum absolute atomic E-state index is 11.9. The number of aliphatic hydroxyl groups is 1. The van der Waals surface area contributed by atoms with E-state index in [0.717, 1.165) is 0 Å². The van der Waals surface area contributed by atoms with E-state index in [1.54, 1.807) is 6.92 Å². The van der Waals surface area contributed by atoms with Crippen LogP contribution in [-0.2, 0) is 10.0 Å². The first kappa shape index (κ1) is 14.6. The maximum Gasteiger partial charge on any atom is 0.249 e. The molecule has 0 aromatic heterocycles. The molecule has 0 aliphatic heterocycles. The van der Waals surface area contributed by atoms with Crippen molar-refractivity contribution in [2.75, 3.05) is 6.61 Å². The zero-order chi connectivity index (χ0) is 13.9. The molecule has 0 fully saturated rings. The molecule has 1 unspecified atom stereocenters. The fourth-order valence-corrected chi connectivity index (χ4v) is 2.66. The minimum atomic E-state index is -3.76. The van der Waals surface area contributed by atoms with Crippen LogP contribution in [0.1, 0.15) is 22.8 Å². The molecule has 0 aliphatic rings. The van der Waals surface area contributed by atoms with Crippen LogP contribution in [-0.4, -0.2) is 32.1 Å². The molecule has 1 rings (SSSR count). The number of nitrogens with two attached hydrogens (primary N) is 1. The number of hydrogen-bond donors (Lipinski definition) is 3. The Hall–Kier alpha value is -1.44. The number of sulfonamides is 1. The van der Waals surface area contributed by atoms with Gasteiger partial charge >= 0.3 is 0 Å². The van der Waals surface area contributed by atoms with Crippen molar-refractivity contribution in [1.82, 2.24) is 4.72 Å². The van der Waals surface area contributed by atoms with Crippen LogP contribution >= 0.6 is 0 Å². The Morgan fingerprint density at radius 2 is 2.11 bits per heavy atom. The molecule has 0 aliphatic carbocycles. The summed E-state index contributed by atoms with van der Waals surface area (Å²) in [6.45, 7) is 2.88. The molecule has 0 radical (unpaired) electrons. The van der Waals surface area contributed by atoms with E-state index in [-0.39, 0.29) is 17.1 Å². The van der Waals surface area contributed by atoms with Gasteiger partial charge in [-0.3, -0.25) is 4.79 Å². The van der Waals surface area contributed by atoms with Gasteiger partial charge < -0.3 is 10.8 Å². The predicted molar refractivity (Wildman–Crippen MR) is 66.6 cm³/mol. The quantitative estimate of drug-likeness (QED) is 0.686. The van der Waals surface area contributed by atoms with Gasteiger partial charge in [-0.25, -0.2) is 13.1 Å². The Morgan fingerprint density at radius 3 is 2.61 bits per heavy atom. The third-order valence-electron chi connectivity index (χ3n) is 2.41. The fourth-order valence-electron chi connectivity index (χ4n) is 1.40. The first-order chi connectivity index (χ1) is 8.27. The summed E-state index contributed by atoms with van der Waals surface area (Å²) in [6.07, 6.45) is 0. The second-order valence-corrected chi connectivity index (χ2v) is 5.76. The molecule has 0 spiro atoms. The normalized spacial score (nSPS) is 13.3. The summed E-state index contributed by atoms with van der Waals surface area (Å²) in [5, 5.41) is 8.83. The first-order valence-corrected chi connectivity index (χ1v) is 6.80. The van der Waals surface area contributed by atoms with Crippen molar-refractivity contribution < 1.29 is 18.3 Å². The van der Waals surface area contributed by atoms with E-state index in [4.69, 9.17) is 10.8 Å². The number of nitrogens with one attached hydrogen (secondary N) is 1. The van der Waals surface area contributed by atoms with Crippen molar-refractivity contribution in [1.29, 1.82) is 0 Å². The van der Waals surface area contributed by atoms with Crippen molar-refractivity contribution in [2.24, 2.45) is 5.73 Å². The third-order valence-corrected chi connectivity index (χ3v) is 4.00. The molecule has 1 atom stereocenters. The summed E-state index contributed by atoms with van der Waals surface area (Å²) < 4.78 is 26.1. The van der Waals surface area contributed by atoms with Gasteiger partial charge in [0.2, 0.25) is 15.9 Å². The number of primary amides is 1. The molecule has 0 saturated heterocycles. The monoisotopic (exact) mass is 272 g/mol. The zero-order valence-corrected chi connectivity index (χ0v) is 11.0.